The molecule has 1 fully saturated rings. The standard InChI is InChI=1S/C26H26N2O2/c29-25(22-12-5-2-6-13-22)23-14-7-8-15-24(23)26(30)28-17-9-16-27(18-19-28)20-21-10-3-1-4-11-21/h1-8,10-15H,9,16-20H2. The summed E-state index contributed by atoms with van der Waals surface area (Å²) in [6, 6.07) is 26.7. The lowest BCUT2D eigenvalue weighted by Crippen LogP contribution is -2.35. The monoisotopic (exact) mass is 398 g/mol. The summed E-state index contributed by atoms with van der Waals surface area (Å²) in [5.74, 6) is -0.170. The van der Waals surface area contributed by atoms with Crippen molar-refractivity contribution in [3.63, 3.8) is 0 Å². The van der Waals surface area contributed by atoms with Crippen molar-refractivity contribution in [2.75, 3.05) is 26.2 Å². The molecule has 0 aromatic heterocycles. The molecule has 152 valence electrons. The number of hydrogen-bond acceptors (Lipinski definition) is 3. The van der Waals surface area contributed by atoms with E-state index in [9.17, 15) is 9.59 Å². The molecule has 1 aliphatic heterocycles. The third-order valence-electron chi connectivity index (χ3n) is 5.56. The second-order valence-electron chi connectivity index (χ2n) is 7.65. The van der Waals surface area contributed by atoms with Gasteiger partial charge in [-0.2, -0.15) is 0 Å². The first-order valence-corrected chi connectivity index (χ1v) is 10.5. The van der Waals surface area contributed by atoms with Crippen molar-refractivity contribution in [1.29, 1.82) is 0 Å². The van der Waals surface area contributed by atoms with Crippen LogP contribution in [0.15, 0.2) is 84.9 Å². The van der Waals surface area contributed by atoms with Crippen molar-refractivity contribution >= 4 is 11.7 Å². The fourth-order valence-corrected chi connectivity index (χ4v) is 3.96. The van der Waals surface area contributed by atoms with Gasteiger partial charge in [-0.05, 0) is 18.1 Å². The summed E-state index contributed by atoms with van der Waals surface area (Å²) in [7, 11) is 0. The first-order chi connectivity index (χ1) is 14.7. The predicted molar refractivity (Wildman–Crippen MR) is 119 cm³/mol. The highest BCUT2D eigenvalue weighted by Gasteiger charge is 2.24. The molecule has 0 spiro atoms. The lowest BCUT2D eigenvalue weighted by Gasteiger charge is -2.23. The molecule has 4 rings (SSSR count). The van der Waals surface area contributed by atoms with Crippen LogP contribution in [0, 0.1) is 0 Å². The third-order valence-corrected chi connectivity index (χ3v) is 5.56. The highest BCUT2D eigenvalue weighted by molar-refractivity contribution is 6.15. The maximum Gasteiger partial charge on any atom is 0.254 e. The first-order valence-electron chi connectivity index (χ1n) is 10.5. The Morgan fingerprint density at radius 2 is 1.30 bits per heavy atom. The van der Waals surface area contributed by atoms with Gasteiger partial charge in [-0.25, -0.2) is 0 Å². The number of hydrogen-bond donors (Lipinski definition) is 0. The number of amides is 1. The molecule has 30 heavy (non-hydrogen) atoms. The van der Waals surface area contributed by atoms with Crippen LogP contribution in [-0.4, -0.2) is 47.7 Å². The van der Waals surface area contributed by atoms with Crippen molar-refractivity contribution in [2.45, 2.75) is 13.0 Å². The molecule has 0 unspecified atom stereocenters. The van der Waals surface area contributed by atoms with Crippen molar-refractivity contribution in [3.8, 4) is 0 Å². The fourth-order valence-electron chi connectivity index (χ4n) is 3.96. The van der Waals surface area contributed by atoms with E-state index in [0.717, 1.165) is 26.1 Å². The maximum absolute atomic E-state index is 13.3. The minimum atomic E-state index is -0.111. The summed E-state index contributed by atoms with van der Waals surface area (Å²) < 4.78 is 0. The molecular weight excluding hydrogens is 372 g/mol. The minimum absolute atomic E-state index is 0.0588. The SMILES string of the molecule is O=C(c1ccccc1)c1ccccc1C(=O)N1CCCN(Cc2ccccc2)CC1. The molecule has 1 heterocycles. The Morgan fingerprint density at radius 1 is 0.667 bits per heavy atom. The fraction of sp³-hybridized carbons (Fsp3) is 0.231. The van der Waals surface area contributed by atoms with E-state index in [2.05, 4.69) is 29.2 Å². The Labute approximate surface area is 177 Å². The summed E-state index contributed by atoms with van der Waals surface area (Å²) >= 11 is 0. The Bertz CT molecular complexity index is 1000. The van der Waals surface area contributed by atoms with E-state index < -0.39 is 0 Å². The number of rotatable bonds is 5. The van der Waals surface area contributed by atoms with Gasteiger partial charge >= 0.3 is 0 Å². The molecule has 1 aliphatic rings. The second-order valence-corrected chi connectivity index (χ2v) is 7.65. The zero-order valence-electron chi connectivity index (χ0n) is 17.0. The van der Waals surface area contributed by atoms with Gasteiger partial charge in [0.05, 0.1) is 5.56 Å². The topological polar surface area (TPSA) is 40.6 Å². The molecule has 0 saturated carbocycles. The quantitative estimate of drug-likeness (QED) is 0.603. The zero-order chi connectivity index (χ0) is 20.8. The second kappa shape index (κ2) is 9.51. The van der Waals surface area contributed by atoms with Crippen LogP contribution < -0.4 is 0 Å². The van der Waals surface area contributed by atoms with Gasteiger partial charge in [-0.1, -0.05) is 78.9 Å². The van der Waals surface area contributed by atoms with Crippen LogP contribution in [0.25, 0.3) is 0 Å². The molecule has 1 amide bonds. The summed E-state index contributed by atoms with van der Waals surface area (Å²) in [6.45, 7) is 4.06. The lowest BCUT2D eigenvalue weighted by molar-refractivity contribution is 0.0756. The normalized spacial score (nSPS) is 14.9. The average molecular weight is 399 g/mol. The van der Waals surface area contributed by atoms with E-state index in [1.165, 1.54) is 5.56 Å². The molecule has 3 aromatic carbocycles. The summed E-state index contributed by atoms with van der Waals surface area (Å²) in [4.78, 5) is 30.6. The van der Waals surface area contributed by atoms with Crippen molar-refractivity contribution in [3.05, 3.63) is 107 Å². The molecular formula is C26H26N2O2. The molecule has 4 nitrogen and oxygen atoms in total. The Hall–Kier alpha value is -3.24. The van der Waals surface area contributed by atoms with Crippen molar-refractivity contribution in [2.24, 2.45) is 0 Å². The van der Waals surface area contributed by atoms with Crippen LogP contribution in [-0.2, 0) is 6.54 Å². The van der Waals surface area contributed by atoms with E-state index in [4.69, 9.17) is 0 Å². The number of ketones is 1. The van der Waals surface area contributed by atoms with Crippen LogP contribution in [0.3, 0.4) is 0 Å². The maximum atomic E-state index is 13.3. The highest BCUT2D eigenvalue weighted by atomic mass is 16.2. The number of carbonyl (C=O) groups is 2. The van der Waals surface area contributed by atoms with E-state index in [0.29, 0.717) is 29.8 Å². The van der Waals surface area contributed by atoms with Gasteiger partial charge in [-0.3, -0.25) is 14.5 Å². The van der Waals surface area contributed by atoms with E-state index in [1.807, 2.05) is 41.3 Å². The molecule has 3 aromatic rings. The average Bonchev–Trinajstić information content (AvgIpc) is 3.05. The smallest absolute Gasteiger partial charge is 0.254 e. The van der Waals surface area contributed by atoms with Gasteiger partial charge in [-0.15, -0.1) is 0 Å². The summed E-state index contributed by atoms with van der Waals surface area (Å²) in [6.07, 6.45) is 0.924. The third kappa shape index (κ3) is 4.66. The number of nitrogens with zero attached hydrogens (tertiary/aromatic N) is 2. The predicted octanol–water partition coefficient (Wildman–Crippen LogP) is 4.27. The van der Waals surface area contributed by atoms with E-state index in [1.54, 1.807) is 24.3 Å². The Morgan fingerprint density at radius 3 is 2.03 bits per heavy atom. The van der Waals surface area contributed by atoms with Crippen LogP contribution in [0.2, 0.25) is 0 Å². The molecule has 4 heteroatoms. The van der Waals surface area contributed by atoms with Gasteiger partial charge in [0.25, 0.3) is 5.91 Å². The molecule has 0 radical (unpaired) electrons. The van der Waals surface area contributed by atoms with Crippen LogP contribution in [0.1, 0.15) is 38.3 Å². The van der Waals surface area contributed by atoms with Gasteiger partial charge in [0.2, 0.25) is 0 Å². The molecule has 1 saturated heterocycles. The van der Waals surface area contributed by atoms with Gasteiger partial charge < -0.3 is 4.90 Å². The largest absolute Gasteiger partial charge is 0.337 e. The minimum Gasteiger partial charge on any atom is -0.337 e. The van der Waals surface area contributed by atoms with E-state index in [-0.39, 0.29) is 11.7 Å². The molecule has 0 N–H and O–H groups in total. The molecule has 0 bridgehead atoms. The summed E-state index contributed by atoms with van der Waals surface area (Å²) in [5.41, 5.74) is 2.85. The Kier molecular flexibility index (Phi) is 6.35. The lowest BCUT2D eigenvalue weighted by atomic mass is 9.97. The van der Waals surface area contributed by atoms with Gasteiger partial charge in [0.15, 0.2) is 5.78 Å². The number of carbonyl (C=O) groups excluding carboxylic acids is 2. The molecule has 0 atom stereocenters. The van der Waals surface area contributed by atoms with Gasteiger partial charge in [0.1, 0.15) is 0 Å². The van der Waals surface area contributed by atoms with Crippen LogP contribution >= 0.6 is 0 Å². The van der Waals surface area contributed by atoms with Crippen LogP contribution in [0.5, 0.6) is 0 Å². The van der Waals surface area contributed by atoms with Crippen molar-refractivity contribution < 1.29 is 9.59 Å². The van der Waals surface area contributed by atoms with Crippen LogP contribution in [0.4, 0.5) is 0 Å². The highest BCUT2D eigenvalue weighted by Crippen LogP contribution is 2.18. The molecule has 0 aliphatic carbocycles. The zero-order valence-corrected chi connectivity index (χ0v) is 17.0. The Balaban J connectivity index is 1.48. The van der Waals surface area contributed by atoms with E-state index >= 15 is 0 Å². The number of benzene rings is 3. The van der Waals surface area contributed by atoms with Crippen molar-refractivity contribution in [1.82, 2.24) is 9.80 Å². The summed E-state index contributed by atoms with van der Waals surface area (Å²) in [5, 5.41) is 0. The van der Waals surface area contributed by atoms with Gasteiger partial charge in [0, 0.05) is 43.9 Å². The first kappa shape index (κ1) is 20.0.